The molecule has 0 spiro atoms. The maximum Gasteiger partial charge on any atom is 0.523 e. The summed E-state index contributed by atoms with van der Waals surface area (Å²) in [4.78, 5) is 0. The second-order valence-electron chi connectivity index (χ2n) is 4.23. The van der Waals surface area contributed by atoms with Crippen LogP contribution in [-0.4, -0.2) is 72.9 Å². The molecule has 0 aliphatic carbocycles. The van der Waals surface area contributed by atoms with E-state index in [0.29, 0.717) is 0 Å². The molecule has 0 aromatic carbocycles. The minimum Gasteiger partial charge on any atom is -0.376 e. The fourth-order valence-electron chi connectivity index (χ4n) is 1.97. The fraction of sp³-hybridized carbons (Fsp3) is 1.00. The topological polar surface area (TPSA) is 80.3 Å². The van der Waals surface area contributed by atoms with Gasteiger partial charge in [-0.1, -0.05) is 0 Å². The first-order chi connectivity index (χ1) is 9.67. The van der Waals surface area contributed by atoms with Crippen LogP contribution < -0.4 is 0 Å². The van der Waals surface area contributed by atoms with E-state index in [0.717, 1.165) is 0 Å². The van der Waals surface area contributed by atoms with Gasteiger partial charge in [0.05, 0.1) is 13.2 Å². The molecule has 0 aromatic rings. The third kappa shape index (κ3) is 4.27. The Labute approximate surface area is 120 Å². The minimum absolute atomic E-state index is 0.00889. The highest BCUT2D eigenvalue weighted by atomic mass is 32.2. The summed E-state index contributed by atoms with van der Waals surface area (Å²) in [6.45, 7) is -0.828. The van der Waals surface area contributed by atoms with Gasteiger partial charge in [-0.2, -0.15) is 21.6 Å². The van der Waals surface area contributed by atoms with E-state index in [4.69, 9.17) is 18.9 Å². The number of rotatable bonds is 6. The summed E-state index contributed by atoms with van der Waals surface area (Å²) >= 11 is 0. The largest absolute Gasteiger partial charge is 0.523 e. The molecule has 21 heavy (non-hydrogen) atoms. The highest BCUT2D eigenvalue weighted by Gasteiger charge is 2.49. The van der Waals surface area contributed by atoms with Gasteiger partial charge < -0.3 is 18.9 Å². The molecule has 1 aliphatic rings. The Bertz CT molecular complexity index is 425. The van der Waals surface area contributed by atoms with Crippen LogP contribution >= 0.6 is 0 Å². The van der Waals surface area contributed by atoms with Crippen molar-refractivity contribution in [1.82, 2.24) is 0 Å². The van der Waals surface area contributed by atoms with Gasteiger partial charge in [-0.25, -0.2) is 0 Å². The molecule has 4 atom stereocenters. The zero-order valence-corrected chi connectivity index (χ0v) is 12.4. The van der Waals surface area contributed by atoms with E-state index in [1.165, 1.54) is 21.3 Å². The highest BCUT2D eigenvalue weighted by molar-refractivity contribution is 7.87. The summed E-state index contributed by atoms with van der Waals surface area (Å²) in [5.41, 5.74) is -5.49. The fourth-order valence-corrected chi connectivity index (χ4v) is 2.42. The number of hydrogen-bond donors (Lipinski definition) is 0. The third-order valence-corrected chi connectivity index (χ3v) is 4.06. The lowest BCUT2D eigenvalue weighted by Crippen LogP contribution is -2.56. The number of ether oxygens (including phenoxy) is 4. The second-order valence-corrected chi connectivity index (χ2v) is 5.84. The van der Waals surface area contributed by atoms with Crippen LogP contribution in [0, 0.1) is 0 Å². The van der Waals surface area contributed by atoms with Gasteiger partial charge in [-0.05, 0) is 0 Å². The molecular formula is C10H17F3O7S. The van der Waals surface area contributed by atoms with Crippen molar-refractivity contribution in [2.75, 3.05) is 34.5 Å². The number of alkyl halides is 3. The summed E-state index contributed by atoms with van der Waals surface area (Å²) in [6, 6.07) is 0. The quantitative estimate of drug-likeness (QED) is 0.509. The Morgan fingerprint density at radius 3 is 2.10 bits per heavy atom. The zero-order valence-electron chi connectivity index (χ0n) is 11.6. The number of halogens is 3. The summed E-state index contributed by atoms with van der Waals surface area (Å²) in [7, 11) is -1.60. The number of hydrogen-bond acceptors (Lipinski definition) is 7. The van der Waals surface area contributed by atoms with Crippen molar-refractivity contribution in [2.24, 2.45) is 0 Å². The Hall–Kier alpha value is -0.460. The molecule has 11 heteroatoms. The molecule has 1 rings (SSSR count). The summed E-state index contributed by atoms with van der Waals surface area (Å²) < 4.78 is 82.9. The average Bonchev–Trinajstić information content (AvgIpc) is 2.42. The Morgan fingerprint density at radius 2 is 1.67 bits per heavy atom. The lowest BCUT2D eigenvalue weighted by atomic mass is 10.00. The summed E-state index contributed by atoms with van der Waals surface area (Å²) in [6.07, 6.45) is -2.99. The first kappa shape index (κ1) is 18.6. The second kappa shape index (κ2) is 7.20. The van der Waals surface area contributed by atoms with Gasteiger partial charge >= 0.3 is 15.6 Å². The molecule has 0 radical (unpaired) electrons. The van der Waals surface area contributed by atoms with Crippen LogP contribution in [0.1, 0.15) is 0 Å². The lowest BCUT2D eigenvalue weighted by Gasteiger charge is -2.40. The Kier molecular flexibility index (Phi) is 6.37. The molecular weight excluding hydrogens is 321 g/mol. The maximum atomic E-state index is 12.2. The van der Waals surface area contributed by atoms with Crippen molar-refractivity contribution >= 4 is 10.1 Å². The van der Waals surface area contributed by atoms with Gasteiger partial charge in [-0.15, -0.1) is 0 Å². The lowest BCUT2D eigenvalue weighted by molar-refractivity contribution is -0.216. The van der Waals surface area contributed by atoms with Gasteiger partial charge in [0.1, 0.15) is 24.4 Å². The first-order valence-electron chi connectivity index (χ1n) is 5.83. The van der Waals surface area contributed by atoms with Gasteiger partial charge in [0, 0.05) is 21.3 Å². The highest BCUT2D eigenvalue weighted by Crippen LogP contribution is 2.27. The normalized spacial score (nSPS) is 31.3. The molecule has 7 nitrogen and oxygen atoms in total. The van der Waals surface area contributed by atoms with Crippen molar-refractivity contribution in [3.63, 3.8) is 0 Å². The van der Waals surface area contributed by atoms with Crippen LogP contribution in [0.3, 0.4) is 0 Å². The van der Waals surface area contributed by atoms with Gasteiger partial charge in [0.25, 0.3) is 0 Å². The Morgan fingerprint density at radius 1 is 1.10 bits per heavy atom. The van der Waals surface area contributed by atoms with Crippen molar-refractivity contribution in [3.05, 3.63) is 0 Å². The minimum atomic E-state index is -5.68. The molecule has 0 bridgehead atoms. The van der Waals surface area contributed by atoms with Crippen LogP contribution in [-0.2, 0) is 33.2 Å². The van der Waals surface area contributed by atoms with Crippen molar-refractivity contribution < 1.29 is 44.7 Å². The molecule has 0 N–H and O–H groups in total. The molecule has 126 valence electrons. The van der Waals surface area contributed by atoms with E-state index in [9.17, 15) is 21.6 Å². The summed E-state index contributed by atoms with van der Waals surface area (Å²) in [5, 5.41) is 0. The third-order valence-electron chi connectivity index (χ3n) is 3.05. The van der Waals surface area contributed by atoms with Gasteiger partial charge in [0.2, 0.25) is 0 Å². The zero-order chi connectivity index (χ0) is 16.3. The molecule has 0 amide bonds. The van der Waals surface area contributed by atoms with Crippen LogP contribution in [0.4, 0.5) is 13.2 Å². The van der Waals surface area contributed by atoms with E-state index in [1.807, 2.05) is 0 Å². The monoisotopic (exact) mass is 338 g/mol. The molecule has 3 unspecified atom stereocenters. The molecule has 1 aliphatic heterocycles. The Balaban J connectivity index is 2.75. The smallest absolute Gasteiger partial charge is 0.376 e. The van der Waals surface area contributed by atoms with E-state index in [-0.39, 0.29) is 6.61 Å². The van der Waals surface area contributed by atoms with Gasteiger partial charge in [0.15, 0.2) is 0 Å². The first-order valence-corrected chi connectivity index (χ1v) is 7.24. The van der Waals surface area contributed by atoms with Crippen molar-refractivity contribution in [2.45, 2.75) is 29.9 Å². The average molecular weight is 338 g/mol. The molecule has 0 aromatic heterocycles. The predicted molar refractivity (Wildman–Crippen MR) is 63.1 cm³/mol. The van der Waals surface area contributed by atoms with Crippen molar-refractivity contribution in [1.29, 1.82) is 0 Å². The molecule has 1 fully saturated rings. The van der Waals surface area contributed by atoms with Crippen LogP contribution in [0.5, 0.6) is 0 Å². The standard InChI is InChI=1S/C10H17F3O7S/c1-16-6-4-19-7(9(18-3)8(6)17-2)5-20-21(14,15)10(11,12)13/h6-9H,4-5H2,1-3H3/t6?,7?,8?,9-/m1/s1. The molecule has 0 saturated carbocycles. The van der Waals surface area contributed by atoms with E-state index < -0.39 is 46.6 Å². The van der Waals surface area contributed by atoms with Crippen LogP contribution in [0.25, 0.3) is 0 Å². The van der Waals surface area contributed by atoms with E-state index >= 15 is 0 Å². The maximum absolute atomic E-state index is 12.2. The summed E-state index contributed by atoms with van der Waals surface area (Å²) in [5.74, 6) is 0. The molecule has 1 saturated heterocycles. The van der Waals surface area contributed by atoms with Crippen LogP contribution in [0.15, 0.2) is 0 Å². The van der Waals surface area contributed by atoms with Crippen LogP contribution in [0.2, 0.25) is 0 Å². The van der Waals surface area contributed by atoms with Crippen molar-refractivity contribution in [3.8, 4) is 0 Å². The van der Waals surface area contributed by atoms with E-state index in [2.05, 4.69) is 4.18 Å². The SMILES string of the molecule is COC1COC(COS(=O)(=O)C(F)(F)F)[C@@H](OC)C1OC. The van der Waals surface area contributed by atoms with E-state index in [1.54, 1.807) is 0 Å². The predicted octanol–water partition coefficient (Wildman–Crippen LogP) is 0.296. The molecule has 1 heterocycles. The number of methoxy groups -OCH3 is 3. The van der Waals surface area contributed by atoms with Gasteiger partial charge in [-0.3, -0.25) is 4.18 Å².